The number of hydrogen-bond acceptors (Lipinski definition) is 5. The zero-order chi connectivity index (χ0) is 29.1. The van der Waals surface area contributed by atoms with Gasteiger partial charge in [0.15, 0.2) is 23.3 Å². The second-order valence-electron chi connectivity index (χ2n) is 9.33. The van der Waals surface area contributed by atoms with Gasteiger partial charge in [-0.1, -0.05) is 23.2 Å². The Morgan fingerprint density at radius 1 is 0.949 bits per heavy atom. The van der Waals surface area contributed by atoms with Crippen LogP contribution in [0.15, 0.2) is 23.1 Å². The predicted molar refractivity (Wildman–Crippen MR) is 130 cm³/mol. The van der Waals surface area contributed by atoms with E-state index in [2.05, 4.69) is 0 Å². The Hall–Kier alpha value is -2.52. The van der Waals surface area contributed by atoms with Crippen LogP contribution in [-0.2, 0) is 26.0 Å². The summed E-state index contributed by atoms with van der Waals surface area (Å²) in [6.07, 6.45) is -2.58. The molecule has 2 heterocycles. The molecule has 3 unspecified atom stereocenters. The lowest BCUT2D eigenvalue weighted by Crippen LogP contribution is -2.76. The van der Waals surface area contributed by atoms with Gasteiger partial charge in [-0.25, -0.2) is 30.4 Å². The molecule has 212 valence electrons. The number of hydrogen-bond donors (Lipinski definition) is 1. The molecule has 2 saturated heterocycles. The lowest BCUT2D eigenvalue weighted by molar-refractivity contribution is -0.168. The van der Waals surface area contributed by atoms with Crippen molar-refractivity contribution in [1.29, 1.82) is 0 Å². The van der Waals surface area contributed by atoms with E-state index < -0.39 is 93.7 Å². The molecule has 0 saturated carbocycles. The van der Waals surface area contributed by atoms with Crippen molar-refractivity contribution >= 4 is 45.0 Å². The molecule has 0 spiro atoms. The van der Waals surface area contributed by atoms with E-state index in [1.165, 1.54) is 12.1 Å². The van der Waals surface area contributed by atoms with Crippen LogP contribution in [0.5, 0.6) is 0 Å². The second kappa shape index (κ2) is 10.5. The minimum Gasteiger partial charge on any atom is -0.335 e. The monoisotopic (exact) mass is 614 g/mol. The fraction of sp³-hybridized carbons (Fsp3) is 0.391. The van der Waals surface area contributed by atoms with Gasteiger partial charge in [-0.05, 0) is 32.0 Å². The average molecular weight is 615 g/mol. The van der Waals surface area contributed by atoms with E-state index in [0.29, 0.717) is 0 Å². The molecular weight excluding hydrogens is 594 g/mol. The average Bonchev–Trinajstić information content (AvgIpc) is 2.86. The van der Waals surface area contributed by atoms with Crippen LogP contribution >= 0.6 is 23.2 Å². The summed E-state index contributed by atoms with van der Waals surface area (Å²) in [6, 6.07) is -0.403. The van der Waals surface area contributed by atoms with Crippen LogP contribution in [0.2, 0.25) is 10.0 Å². The predicted octanol–water partition coefficient (Wildman–Crippen LogP) is 3.04. The van der Waals surface area contributed by atoms with Crippen molar-refractivity contribution in [2.75, 3.05) is 13.1 Å². The summed E-state index contributed by atoms with van der Waals surface area (Å²) in [4.78, 5) is 28.2. The van der Waals surface area contributed by atoms with Crippen molar-refractivity contribution in [2.45, 2.75) is 49.5 Å². The van der Waals surface area contributed by atoms with E-state index in [4.69, 9.17) is 28.9 Å². The Labute approximate surface area is 230 Å². The number of nitrogens with zero attached hydrogens (tertiary/aromatic N) is 3. The highest BCUT2D eigenvalue weighted by Gasteiger charge is 2.54. The molecule has 2 aromatic rings. The highest BCUT2D eigenvalue weighted by Crippen LogP contribution is 2.35. The van der Waals surface area contributed by atoms with E-state index in [0.717, 1.165) is 20.2 Å². The first kappa shape index (κ1) is 29.5. The topological polar surface area (TPSA) is 104 Å². The zero-order valence-electron chi connectivity index (χ0n) is 20.3. The molecule has 0 bridgehead atoms. The van der Waals surface area contributed by atoms with Crippen molar-refractivity contribution in [3.8, 4) is 0 Å². The van der Waals surface area contributed by atoms with Crippen molar-refractivity contribution in [2.24, 2.45) is 5.73 Å². The van der Waals surface area contributed by atoms with Crippen molar-refractivity contribution in [1.82, 2.24) is 14.1 Å². The van der Waals surface area contributed by atoms with E-state index >= 15 is 0 Å². The molecule has 2 N–H and O–H groups in total. The number of halogens is 7. The van der Waals surface area contributed by atoms with Gasteiger partial charge in [0.1, 0.15) is 17.1 Å². The summed E-state index contributed by atoms with van der Waals surface area (Å²) in [5.74, 6) is -13.0. The molecule has 2 amide bonds. The first-order valence-corrected chi connectivity index (χ1v) is 13.6. The van der Waals surface area contributed by atoms with Gasteiger partial charge >= 0.3 is 0 Å². The Kier molecular flexibility index (Phi) is 7.91. The van der Waals surface area contributed by atoms with Gasteiger partial charge in [-0.2, -0.15) is 4.31 Å². The number of carbonyl (C=O) groups excluding carboxylic acids is 2. The maximum atomic E-state index is 14.6. The van der Waals surface area contributed by atoms with Crippen LogP contribution in [0, 0.1) is 29.1 Å². The first-order chi connectivity index (χ1) is 18.1. The fourth-order valence-corrected chi connectivity index (χ4v) is 7.07. The Morgan fingerprint density at radius 3 is 2.05 bits per heavy atom. The standard InChI is InChI=1S/C23H21Cl2F5N4O4S/c1-9(2)32-8-16-33(39(37,38)15-4-3-10(24)5-12(15)25)7-13(31)22(35)34(16)14(23(32)36)6-11-17(26)19(28)21(30)20(29)18(11)27/h3-5,9,13-14,16H,6-8,31H2,1-2H3. The van der Waals surface area contributed by atoms with Crippen LogP contribution in [0.3, 0.4) is 0 Å². The van der Waals surface area contributed by atoms with Crippen molar-refractivity contribution in [3.63, 3.8) is 0 Å². The summed E-state index contributed by atoms with van der Waals surface area (Å²) >= 11 is 12.0. The number of rotatable bonds is 5. The lowest BCUT2D eigenvalue weighted by Gasteiger charge is -2.53. The minimum atomic E-state index is -4.52. The molecule has 0 radical (unpaired) electrons. The number of fused-ring (bicyclic) bond motifs is 1. The third kappa shape index (κ3) is 4.86. The lowest BCUT2D eigenvalue weighted by atomic mass is 9.95. The molecular formula is C23H21Cl2F5N4O4S. The molecule has 2 aliphatic heterocycles. The van der Waals surface area contributed by atoms with E-state index in [1.54, 1.807) is 13.8 Å². The highest BCUT2D eigenvalue weighted by molar-refractivity contribution is 7.89. The second-order valence-corrected chi connectivity index (χ2v) is 12.0. The smallest absolute Gasteiger partial charge is 0.246 e. The molecule has 3 atom stereocenters. The molecule has 39 heavy (non-hydrogen) atoms. The van der Waals surface area contributed by atoms with Crippen molar-refractivity contribution in [3.05, 3.63) is 62.9 Å². The van der Waals surface area contributed by atoms with E-state index in [9.17, 15) is 40.0 Å². The highest BCUT2D eigenvalue weighted by atomic mass is 35.5. The summed E-state index contributed by atoms with van der Waals surface area (Å²) < 4.78 is 99.0. The Bertz CT molecular complexity index is 1450. The van der Waals surface area contributed by atoms with Gasteiger partial charge < -0.3 is 15.5 Å². The molecule has 16 heteroatoms. The molecule has 4 rings (SSSR count). The molecule has 0 aromatic heterocycles. The minimum absolute atomic E-state index is 0.142. The maximum absolute atomic E-state index is 14.6. The third-order valence-electron chi connectivity index (χ3n) is 6.67. The van der Waals surface area contributed by atoms with Crippen LogP contribution in [0.4, 0.5) is 22.0 Å². The summed E-state index contributed by atoms with van der Waals surface area (Å²) in [7, 11) is -4.52. The largest absolute Gasteiger partial charge is 0.335 e. The molecule has 8 nitrogen and oxygen atoms in total. The molecule has 2 aromatic carbocycles. The quantitative estimate of drug-likeness (QED) is 0.317. The summed E-state index contributed by atoms with van der Waals surface area (Å²) in [6.45, 7) is 2.21. The van der Waals surface area contributed by atoms with Gasteiger partial charge in [0.05, 0.1) is 17.6 Å². The van der Waals surface area contributed by atoms with Gasteiger partial charge in [-0.3, -0.25) is 9.59 Å². The molecule has 0 aliphatic carbocycles. The Balaban J connectivity index is 1.87. The van der Waals surface area contributed by atoms with Crippen LogP contribution in [0.25, 0.3) is 0 Å². The Morgan fingerprint density at radius 2 is 1.51 bits per heavy atom. The third-order valence-corrected chi connectivity index (χ3v) is 9.25. The molecule has 2 aliphatic rings. The first-order valence-electron chi connectivity index (χ1n) is 11.4. The van der Waals surface area contributed by atoms with E-state index in [-0.39, 0.29) is 21.5 Å². The maximum Gasteiger partial charge on any atom is 0.246 e. The van der Waals surface area contributed by atoms with E-state index in [1.807, 2.05) is 0 Å². The normalized spacial score (nSPS) is 22.6. The number of carbonyl (C=O) groups is 2. The summed E-state index contributed by atoms with van der Waals surface area (Å²) in [5, 5.41) is -0.103. The zero-order valence-corrected chi connectivity index (χ0v) is 22.6. The van der Waals surface area contributed by atoms with Gasteiger partial charge in [-0.15, -0.1) is 0 Å². The fourth-order valence-electron chi connectivity index (χ4n) is 4.73. The number of benzene rings is 2. The number of amides is 2. The van der Waals surface area contributed by atoms with Crippen LogP contribution in [0.1, 0.15) is 19.4 Å². The number of nitrogens with two attached hydrogens (primary N) is 1. The number of piperazine rings is 1. The van der Waals surface area contributed by atoms with Gasteiger partial charge in [0.2, 0.25) is 27.7 Å². The molecule has 2 fully saturated rings. The van der Waals surface area contributed by atoms with Crippen LogP contribution in [-0.4, -0.2) is 71.7 Å². The van der Waals surface area contributed by atoms with Gasteiger partial charge in [0.25, 0.3) is 0 Å². The SMILES string of the molecule is CC(C)N1CC2N(C(=O)C(N)CN2S(=O)(=O)c2ccc(Cl)cc2Cl)C(Cc2c(F)c(F)c(F)c(F)c2F)C1=O. The number of sulfonamides is 1. The summed E-state index contributed by atoms with van der Waals surface area (Å²) in [5.41, 5.74) is 4.61. The van der Waals surface area contributed by atoms with Gasteiger partial charge in [0, 0.05) is 29.6 Å². The van der Waals surface area contributed by atoms with Crippen molar-refractivity contribution < 1.29 is 40.0 Å². The van der Waals surface area contributed by atoms with Crippen LogP contribution < -0.4 is 5.73 Å².